The number of hydrogen-bond acceptors (Lipinski definition) is 5. The maximum absolute atomic E-state index is 14.4. The first-order chi connectivity index (χ1) is 22.3. The lowest BCUT2D eigenvalue weighted by molar-refractivity contribution is -0.137. The topological polar surface area (TPSA) is 69.5 Å². The van der Waals surface area contributed by atoms with Gasteiger partial charge in [0.2, 0.25) is 11.8 Å². The molecule has 0 radical (unpaired) electrons. The minimum atomic E-state index is -4.39. The van der Waals surface area contributed by atoms with Crippen molar-refractivity contribution in [2.75, 3.05) is 12.0 Å². The summed E-state index contributed by atoms with van der Waals surface area (Å²) in [6.45, 7) is 0.962. The zero-order valence-electron chi connectivity index (χ0n) is 25.3. The number of hydrogen-bond donors (Lipinski definition) is 0. The van der Waals surface area contributed by atoms with Crippen molar-refractivity contribution < 1.29 is 27.4 Å². The largest absolute Gasteiger partial charge is 0.489 e. The maximum Gasteiger partial charge on any atom is 0.416 e. The molecule has 0 N–H and O–H groups in total. The van der Waals surface area contributed by atoms with E-state index < -0.39 is 11.7 Å². The minimum absolute atomic E-state index is 0.0661. The SMILES string of the molecule is COc1ccc(N(Cc2cnn(Cc3ccc(C(F)(F)F)cc3)c2)C(=O)C2CCCc3c(OCc4ccccc4)cccc32)cn1. The highest BCUT2D eigenvalue weighted by atomic mass is 19.4. The molecule has 0 fully saturated rings. The van der Waals surface area contributed by atoms with E-state index in [4.69, 9.17) is 9.47 Å². The normalized spacial score (nSPS) is 14.4. The fourth-order valence-corrected chi connectivity index (χ4v) is 5.82. The highest BCUT2D eigenvalue weighted by Crippen LogP contribution is 2.39. The number of pyridine rings is 1. The van der Waals surface area contributed by atoms with Crippen LogP contribution in [0.2, 0.25) is 0 Å². The van der Waals surface area contributed by atoms with Crippen LogP contribution in [0, 0.1) is 0 Å². The number of anilines is 1. The summed E-state index contributed by atoms with van der Waals surface area (Å²) in [5, 5.41) is 4.43. The number of nitrogens with zero attached hydrogens (tertiary/aromatic N) is 4. The van der Waals surface area contributed by atoms with Crippen molar-refractivity contribution in [2.45, 2.75) is 51.1 Å². The molecule has 1 atom stereocenters. The number of rotatable bonds is 10. The molecule has 0 spiro atoms. The Bertz CT molecular complexity index is 1770. The van der Waals surface area contributed by atoms with Crippen LogP contribution in [-0.2, 0) is 37.1 Å². The Morgan fingerprint density at radius 1 is 0.935 bits per heavy atom. The number of benzene rings is 3. The molecule has 1 amide bonds. The molecule has 1 aliphatic carbocycles. The molecule has 5 aromatic rings. The van der Waals surface area contributed by atoms with Crippen LogP contribution < -0.4 is 14.4 Å². The smallest absolute Gasteiger partial charge is 0.416 e. The highest BCUT2D eigenvalue weighted by Gasteiger charge is 2.33. The molecule has 3 aromatic carbocycles. The monoisotopic (exact) mass is 626 g/mol. The third-order valence-corrected chi connectivity index (χ3v) is 8.16. The Kier molecular flexibility index (Phi) is 9.05. The number of halogens is 3. The van der Waals surface area contributed by atoms with Gasteiger partial charge in [-0.25, -0.2) is 4.98 Å². The molecule has 0 saturated heterocycles. The van der Waals surface area contributed by atoms with Gasteiger partial charge >= 0.3 is 6.18 Å². The average Bonchev–Trinajstić information content (AvgIpc) is 3.52. The lowest BCUT2D eigenvalue weighted by Crippen LogP contribution is -2.36. The van der Waals surface area contributed by atoms with Crippen molar-refractivity contribution in [1.29, 1.82) is 0 Å². The van der Waals surface area contributed by atoms with E-state index in [1.165, 1.54) is 19.2 Å². The third-order valence-electron chi connectivity index (χ3n) is 8.16. The molecule has 46 heavy (non-hydrogen) atoms. The Hall–Kier alpha value is -5.12. The second-order valence-electron chi connectivity index (χ2n) is 11.3. The molecule has 2 aromatic heterocycles. The van der Waals surface area contributed by atoms with Crippen LogP contribution in [0.15, 0.2) is 104 Å². The molecule has 0 bridgehead atoms. The van der Waals surface area contributed by atoms with Gasteiger partial charge in [0.05, 0.1) is 49.8 Å². The van der Waals surface area contributed by atoms with Crippen LogP contribution in [0.25, 0.3) is 0 Å². The summed E-state index contributed by atoms with van der Waals surface area (Å²) >= 11 is 0. The van der Waals surface area contributed by atoms with Crippen LogP contribution in [0.5, 0.6) is 11.6 Å². The molecule has 1 aliphatic rings. The van der Waals surface area contributed by atoms with Crippen molar-refractivity contribution in [3.8, 4) is 11.6 Å². The molecule has 0 aliphatic heterocycles. The second kappa shape index (κ2) is 13.5. The first-order valence-corrected chi connectivity index (χ1v) is 15.1. The van der Waals surface area contributed by atoms with Crippen LogP contribution in [-0.4, -0.2) is 27.8 Å². The summed E-state index contributed by atoms with van der Waals surface area (Å²) in [6.07, 6.45) is 3.07. The number of carbonyl (C=O) groups is 1. The zero-order valence-corrected chi connectivity index (χ0v) is 25.3. The minimum Gasteiger partial charge on any atom is -0.489 e. The van der Waals surface area contributed by atoms with Gasteiger partial charge in [-0.1, -0.05) is 54.6 Å². The lowest BCUT2D eigenvalue weighted by Gasteiger charge is -2.31. The number of carbonyl (C=O) groups excluding carboxylic acids is 1. The van der Waals surface area contributed by atoms with E-state index in [0.29, 0.717) is 30.2 Å². The number of ether oxygens (including phenoxy) is 2. The quantitative estimate of drug-likeness (QED) is 0.160. The summed E-state index contributed by atoms with van der Waals surface area (Å²) in [6, 6.07) is 24.4. The maximum atomic E-state index is 14.4. The standard InChI is InChI=1S/C36H33F3N4O3/c1-45-34-18-17-29(20-40-34)43(23-27-19-41-42(22-27)21-25-13-15-28(16-14-25)36(37,38)39)35(44)32-11-5-10-31-30(32)9-6-12-33(31)46-24-26-7-3-2-4-8-26/h2-4,6-9,12-20,22,32H,5,10-11,21,23-24H2,1H3. The van der Waals surface area contributed by atoms with Gasteiger partial charge in [0.25, 0.3) is 0 Å². The zero-order chi connectivity index (χ0) is 32.1. The summed E-state index contributed by atoms with van der Waals surface area (Å²) in [4.78, 5) is 20.5. The number of methoxy groups -OCH3 is 1. The van der Waals surface area contributed by atoms with Crippen molar-refractivity contribution in [3.63, 3.8) is 0 Å². The first kappa shape index (κ1) is 30.9. The van der Waals surface area contributed by atoms with E-state index in [2.05, 4.69) is 10.1 Å². The van der Waals surface area contributed by atoms with Crippen LogP contribution in [0.3, 0.4) is 0 Å². The van der Waals surface area contributed by atoms with Crippen LogP contribution in [0.1, 0.15) is 52.1 Å². The fraction of sp³-hybridized carbons (Fsp3) is 0.250. The Morgan fingerprint density at radius 2 is 1.74 bits per heavy atom. The summed E-state index contributed by atoms with van der Waals surface area (Å²) < 4.78 is 52.1. The highest BCUT2D eigenvalue weighted by molar-refractivity contribution is 5.98. The van der Waals surface area contributed by atoms with Gasteiger partial charge in [-0.15, -0.1) is 0 Å². The lowest BCUT2D eigenvalue weighted by atomic mass is 9.81. The van der Waals surface area contributed by atoms with Gasteiger partial charge in [0, 0.05) is 17.8 Å². The Labute approximate surface area is 265 Å². The van der Waals surface area contributed by atoms with Crippen molar-refractivity contribution in [2.24, 2.45) is 0 Å². The van der Waals surface area contributed by atoms with Gasteiger partial charge in [-0.2, -0.15) is 18.3 Å². The number of alkyl halides is 3. The number of amides is 1. The van der Waals surface area contributed by atoms with Gasteiger partial charge in [0.15, 0.2) is 0 Å². The van der Waals surface area contributed by atoms with Crippen molar-refractivity contribution >= 4 is 11.6 Å². The summed E-state index contributed by atoms with van der Waals surface area (Å²) in [5.74, 6) is 0.779. The van der Waals surface area contributed by atoms with Crippen LogP contribution >= 0.6 is 0 Å². The van der Waals surface area contributed by atoms with E-state index >= 15 is 0 Å². The van der Waals surface area contributed by atoms with E-state index in [9.17, 15) is 18.0 Å². The number of fused-ring (bicyclic) bond motifs is 1. The molecular formula is C36H33F3N4O3. The predicted octanol–water partition coefficient (Wildman–Crippen LogP) is 7.59. The molecule has 7 nitrogen and oxygen atoms in total. The van der Waals surface area contributed by atoms with Crippen molar-refractivity contribution in [3.05, 3.63) is 137 Å². The molecular weight excluding hydrogens is 593 g/mol. The fourth-order valence-electron chi connectivity index (χ4n) is 5.82. The predicted molar refractivity (Wildman–Crippen MR) is 168 cm³/mol. The Balaban J connectivity index is 1.24. The molecule has 0 saturated carbocycles. The molecule has 236 valence electrons. The molecule has 10 heteroatoms. The van der Waals surface area contributed by atoms with E-state index in [1.54, 1.807) is 40.3 Å². The van der Waals surface area contributed by atoms with Crippen LogP contribution in [0.4, 0.5) is 18.9 Å². The van der Waals surface area contributed by atoms with Gasteiger partial charge in [-0.3, -0.25) is 9.48 Å². The van der Waals surface area contributed by atoms with E-state index in [-0.39, 0.29) is 24.9 Å². The second-order valence-corrected chi connectivity index (χ2v) is 11.3. The summed E-state index contributed by atoms with van der Waals surface area (Å²) in [5.41, 5.74) is 4.46. The van der Waals surface area contributed by atoms with Gasteiger partial charge < -0.3 is 14.4 Å². The molecule has 6 rings (SSSR count). The number of aromatic nitrogens is 3. The van der Waals surface area contributed by atoms with Gasteiger partial charge in [-0.05, 0) is 65.8 Å². The van der Waals surface area contributed by atoms with E-state index in [1.807, 2.05) is 48.5 Å². The first-order valence-electron chi connectivity index (χ1n) is 15.1. The molecule has 2 heterocycles. The summed E-state index contributed by atoms with van der Waals surface area (Å²) in [7, 11) is 1.53. The Morgan fingerprint density at radius 3 is 2.46 bits per heavy atom. The third kappa shape index (κ3) is 7.06. The van der Waals surface area contributed by atoms with E-state index in [0.717, 1.165) is 53.0 Å². The average molecular weight is 627 g/mol. The van der Waals surface area contributed by atoms with Gasteiger partial charge in [0.1, 0.15) is 12.4 Å². The van der Waals surface area contributed by atoms with Crippen molar-refractivity contribution in [1.82, 2.24) is 14.8 Å². The molecule has 1 unspecified atom stereocenters.